The average molecular weight is 245 g/mol. The van der Waals surface area contributed by atoms with Gasteiger partial charge in [0.1, 0.15) is 12.0 Å². The maximum atomic E-state index is 10.9. The van der Waals surface area contributed by atoms with E-state index in [0.717, 1.165) is 30.0 Å². The molecule has 0 amide bonds. The molecule has 1 heterocycles. The molecule has 0 saturated carbocycles. The van der Waals surface area contributed by atoms with E-state index >= 15 is 0 Å². The van der Waals surface area contributed by atoms with Gasteiger partial charge in [-0.3, -0.25) is 4.79 Å². The average Bonchev–Trinajstić information content (AvgIpc) is 2.58. The Morgan fingerprint density at radius 1 is 1.39 bits per heavy atom. The zero-order valence-corrected chi connectivity index (χ0v) is 11.4. The molecule has 0 bridgehead atoms. The summed E-state index contributed by atoms with van der Waals surface area (Å²) in [6.45, 7) is 7.21. The van der Waals surface area contributed by atoms with Gasteiger partial charge in [-0.2, -0.15) is 0 Å². The third kappa shape index (κ3) is 1.70. The van der Waals surface area contributed by atoms with Crippen molar-refractivity contribution in [2.75, 3.05) is 18.6 Å². The van der Waals surface area contributed by atoms with E-state index in [1.54, 1.807) is 13.2 Å². The zero-order valence-electron chi connectivity index (χ0n) is 11.4. The highest BCUT2D eigenvalue weighted by molar-refractivity contribution is 5.77. The van der Waals surface area contributed by atoms with Crippen LogP contribution in [0.3, 0.4) is 0 Å². The highest BCUT2D eigenvalue weighted by Crippen LogP contribution is 2.48. The smallest absolute Gasteiger partial charge is 0.144 e. The predicted molar refractivity (Wildman–Crippen MR) is 73.2 cm³/mol. The second-order valence-electron chi connectivity index (χ2n) is 4.94. The molecule has 96 valence electrons. The summed E-state index contributed by atoms with van der Waals surface area (Å²) in [5.74, 6) is 0.852. The lowest BCUT2D eigenvalue weighted by molar-refractivity contribution is -0.104. The number of likely N-dealkylation sites (N-methyl/N-ethyl adjacent to an activating group) is 1. The Morgan fingerprint density at radius 2 is 2.11 bits per heavy atom. The molecule has 0 atom stereocenters. The van der Waals surface area contributed by atoms with E-state index in [-0.39, 0.29) is 5.41 Å². The van der Waals surface area contributed by atoms with Gasteiger partial charge in [-0.05, 0) is 36.8 Å². The Morgan fingerprint density at radius 3 is 2.67 bits per heavy atom. The zero-order chi connectivity index (χ0) is 13.3. The van der Waals surface area contributed by atoms with Crippen molar-refractivity contribution >= 4 is 12.0 Å². The summed E-state index contributed by atoms with van der Waals surface area (Å²) in [7, 11) is 1.67. The number of aldehydes is 1. The van der Waals surface area contributed by atoms with Crippen LogP contribution in [-0.4, -0.2) is 19.9 Å². The van der Waals surface area contributed by atoms with Crippen LogP contribution in [0.4, 0.5) is 5.69 Å². The molecule has 0 spiro atoms. The number of nitrogens with zero attached hydrogens (tertiary/aromatic N) is 1. The monoisotopic (exact) mass is 245 g/mol. The Labute approximate surface area is 108 Å². The second kappa shape index (κ2) is 4.48. The molecule has 1 aliphatic rings. The normalized spacial score (nSPS) is 18.9. The molecule has 0 N–H and O–H groups in total. The summed E-state index contributed by atoms with van der Waals surface area (Å²) in [4.78, 5) is 13.0. The molecule has 0 saturated heterocycles. The number of hydrogen-bond acceptors (Lipinski definition) is 3. The SMILES string of the molecule is CCN1C(=CC=O)C(C)(C)c2cc(OC)ccc21. The fourth-order valence-electron chi connectivity index (χ4n) is 2.69. The first-order chi connectivity index (χ1) is 8.56. The Balaban J connectivity index is 2.63. The number of carbonyl (C=O) groups is 1. The van der Waals surface area contributed by atoms with Crippen molar-refractivity contribution in [1.82, 2.24) is 0 Å². The van der Waals surface area contributed by atoms with Gasteiger partial charge in [-0.15, -0.1) is 0 Å². The van der Waals surface area contributed by atoms with Gasteiger partial charge in [0, 0.05) is 23.3 Å². The largest absolute Gasteiger partial charge is 0.497 e. The van der Waals surface area contributed by atoms with Crippen LogP contribution in [0.25, 0.3) is 0 Å². The van der Waals surface area contributed by atoms with Crippen molar-refractivity contribution in [2.45, 2.75) is 26.2 Å². The topological polar surface area (TPSA) is 29.5 Å². The fraction of sp³-hybridized carbons (Fsp3) is 0.400. The summed E-state index contributed by atoms with van der Waals surface area (Å²) in [6.07, 6.45) is 2.53. The lowest BCUT2D eigenvalue weighted by Crippen LogP contribution is -2.26. The molecule has 18 heavy (non-hydrogen) atoms. The molecule has 3 nitrogen and oxygen atoms in total. The van der Waals surface area contributed by atoms with Crippen LogP contribution in [-0.2, 0) is 10.2 Å². The molecule has 1 aromatic rings. The number of carbonyl (C=O) groups excluding carboxylic acids is 1. The summed E-state index contributed by atoms with van der Waals surface area (Å²) < 4.78 is 5.29. The van der Waals surface area contributed by atoms with E-state index in [1.807, 2.05) is 6.07 Å². The summed E-state index contributed by atoms with van der Waals surface area (Å²) in [5.41, 5.74) is 3.25. The molecule has 0 aromatic heterocycles. The van der Waals surface area contributed by atoms with Gasteiger partial charge in [0.2, 0.25) is 0 Å². The number of anilines is 1. The van der Waals surface area contributed by atoms with Gasteiger partial charge in [0.05, 0.1) is 7.11 Å². The van der Waals surface area contributed by atoms with Gasteiger partial charge >= 0.3 is 0 Å². The molecule has 0 fully saturated rings. The molecule has 1 aliphatic heterocycles. The second-order valence-corrected chi connectivity index (χ2v) is 4.94. The first-order valence-corrected chi connectivity index (χ1v) is 6.18. The molecule has 0 radical (unpaired) electrons. The minimum absolute atomic E-state index is 0.166. The van der Waals surface area contributed by atoms with Crippen LogP contribution >= 0.6 is 0 Å². The first-order valence-electron chi connectivity index (χ1n) is 6.18. The maximum Gasteiger partial charge on any atom is 0.144 e. The number of methoxy groups -OCH3 is 1. The standard InChI is InChI=1S/C15H19NO2/c1-5-16-13-7-6-11(18-4)10-12(13)15(2,3)14(16)8-9-17/h6-10H,5H2,1-4H3. The van der Waals surface area contributed by atoms with E-state index in [2.05, 4.69) is 37.8 Å². The third-order valence-corrected chi connectivity index (χ3v) is 3.64. The molecular formula is C15H19NO2. The molecule has 3 heteroatoms. The number of hydrogen-bond donors (Lipinski definition) is 0. The lowest BCUT2D eigenvalue weighted by atomic mass is 9.83. The summed E-state index contributed by atoms with van der Waals surface area (Å²) in [6, 6.07) is 6.08. The number of rotatable bonds is 3. The van der Waals surface area contributed by atoms with Crippen molar-refractivity contribution in [3.8, 4) is 5.75 Å². The van der Waals surface area contributed by atoms with Crippen molar-refractivity contribution in [3.63, 3.8) is 0 Å². The molecule has 0 aliphatic carbocycles. The molecule has 0 unspecified atom stereocenters. The lowest BCUT2D eigenvalue weighted by Gasteiger charge is -2.25. The predicted octanol–water partition coefficient (Wildman–Crippen LogP) is 2.90. The van der Waals surface area contributed by atoms with E-state index in [4.69, 9.17) is 4.74 Å². The molecular weight excluding hydrogens is 226 g/mol. The van der Waals surface area contributed by atoms with Gasteiger partial charge in [0.15, 0.2) is 0 Å². The minimum atomic E-state index is -0.166. The van der Waals surface area contributed by atoms with Crippen molar-refractivity contribution in [1.29, 1.82) is 0 Å². The maximum absolute atomic E-state index is 10.9. The van der Waals surface area contributed by atoms with Crippen LogP contribution < -0.4 is 9.64 Å². The van der Waals surface area contributed by atoms with Crippen molar-refractivity contribution in [2.24, 2.45) is 0 Å². The van der Waals surface area contributed by atoms with Gasteiger partial charge in [0.25, 0.3) is 0 Å². The highest BCUT2D eigenvalue weighted by Gasteiger charge is 2.39. The van der Waals surface area contributed by atoms with Crippen LogP contribution in [0.5, 0.6) is 5.75 Å². The summed E-state index contributed by atoms with van der Waals surface area (Å²) in [5, 5.41) is 0. The number of allylic oxidation sites excluding steroid dienone is 2. The summed E-state index contributed by atoms with van der Waals surface area (Å²) >= 11 is 0. The van der Waals surface area contributed by atoms with Crippen molar-refractivity contribution < 1.29 is 9.53 Å². The van der Waals surface area contributed by atoms with Crippen LogP contribution in [0.15, 0.2) is 30.0 Å². The Hall–Kier alpha value is -1.77. The molecule has 2 rings (SSSR count). The Kier molecular flexibility index (Phi) is 3.16. The van der Waals surface area contributed by atoms with E-state index in [0.29, 0.717) is 0 Å². The minimum Gasteiger partial charge on any atom is -0.497 e. The van der Waals surface area contributed by atoms with Gasteiger partial charge in [-0.25, -0.2) is 0 Å². The van der Waals surface area contributed by atoms with Crippen molar-refractivity contribution in [3.05, 3.63) is 35.5 Å². The molecule has 1 aromatic carbocycles. The number of benzene rings is 1. The van der Waals surface area contributed by atoms with Gasteiger partial charge < -0.3 is 9.64 Å². The number of fused-ring (bicyclic) bond motifs is 1. The van der Waals surface area contributed by atoms with Crippen LogP contribution in [0, 0.1) is 0 Å². The van der Waals surface area contributed by atoms with E-state index in [1.165, 1.54) is 5.56 Å². The first kappa shape index (κ1) is 12.7. The third-order valence-electron chi connectivity index (χ3n) is 3.64. The Bertz CT molecular complexity index is 503. The van der Waals surface area contributed by atoms with Crippen LogP contribution in [0.1, 0.15) is 26.3 Å². The number of ether oxygens (including phenoxy) is 1. The highest BCUT2D eigenvalue weighted by atomic mass is 16.5. The fourth-order valence-corrected chi connectivity index (χ4v) is 2.69. The van der Waals surface area contributed by atoms with Crippen LogP contribution in [0.2, 0.25) is 0 Å². The van der Waals surface area contributed by atoms with E-state index < -0.39 is 0 Å². The quantitative estimate of drug-likeness (QED) is 0.606. The van der Waals surface area contributed by atoms with E-state index in [9.17, 15) is 4.79 Å². The van der Waals surface area contributed by atoms with Gasteiger partial charge in [-0.1, -0.05) is 13.8 Å².